The lowest BCUT2D eigenvalue weighted by molar-refractivity contribution is -0.123. The Labute approximate surface area is 189 Å². The molecule has 1 N–H and O–H groups in total. The first-order valence-corrected chi connectivity index (χ1v) is 10.7. The summed E-state index contributed by atoms with van der Waals surface area (Å²) in [6.45, 7) is 0.517. The number of benzene rings is 3. The lowest BCUT2D eigenvalue weighted by atomic mass is 10.1. The van der Waals surface area contributed by atoms with E-state index in [1.807, 2.05) is 54.6 Å². The fourth-order valence-corrected chi connectivity index (χ4v) is 4.00. The summed E-state index contributed by atoms with van der Waals surface area (Å²) in [7, 11) is 0. The summed E-state index contributed by atoms with van der Waals surface area (Å²) in [5.41, 5.74) is 2.63. The Hall–Kier alpha value is -3.84. The SMILES string of the molecule is O=C(O)c1ccc(CN2C(=O)S/C(=C\c3cccc(OCc4ccccc4)c3)C2=O)cc1. The van der Waals surface area contributed by atoms with E-state index in [-0.39, 0.29) is 23.3 Å². The van der Waals surface area contributed by atoms with Crippen molar-refractivity contribution in [3.05, 3.63) is 106 Å². The quantitative estimate of drug-likeness (QED) is 0.503. The van der Waals surface area contributed by atoms with Crippen LogP contribution in [0.3, 0.4) is 0 Å². The second kappa shape index (κ2) is 9.53. The van der Waals surface area contributed by atoms with E-state index in [1.54, 1.807) is 18.2 Å². The molecule has 0 spiro atoms. The molecule has 0 bridgehead atoms. The van der Waals surface area contributed by atoms with Crippen molar-refractivity contribution in [2.75, 3.05) is 0 Å². The summed E-state index contributed by atoms with van der Waals surface area (Å²) in [6, 6.07) is 23.3. The molecule has 1 aliphatic rings. The first-order chi connectivity index (χ1) is 15.5. The normalized spacial score (nSPS) is 14.8. The second-order valence-electron chi connectivity index (χ2n) is 7.12. The molecule has 0 aromatic heterocycles. The molecule has 160 valence electrons. The van der Waals surface area contributed by atoms with Crippen molar-refractivity contribution >= 4 is 35.0 Å². The van der Waals surface area contributed by atoms with Gasteiger partial charge in [0, 0.05) is 0 Å². The van der Waals surface area contributed by atoms with Crippen molar-refractivity contribution in [3.8, 4) is 5.75 Å². The van der Waals surface area contributed by atoms with Crippen molar-refractivity contribution in [1.29, 1.82) is 0 Å². The highest BCUT2D eigenvalue weighted by molar-refractivity contribution is 8.18. The predicted molar refractivity (Wildman–Crippen MR) is 122 cm³/mol. The third-order valence-electron chi connectivity index (χ3n) is 4.82. The molecule has 6 nitrogen and oxygen atoms in total. The molecule has 1 fully saturated rings. The fraction of sp³-hybridized carbons (Fsp3) is 0.0800. The number of carboxylic acid groups (broad SMARTS) is 1. The summed E-state index contributed by atoms with van der Waals surface area (Å²) in [5.74, 6) is -0.737. The van der Waals surface area contributed by atoms with Gasteiger partial charge in [0.1, 0.15) is 12.4 Å². The van der Waals surface area contributed by atoms with Gasteiger partial charge in [-0.25, -0.2) is 4.79 Å². The van der Waals surface area contributed by atoms with Crippen molar-refractivity contribution in [1.82, 2.24) is 4.90 Å². The van der Waals surface area contributed by atoms with Gasteiger partial charge in [-0.3, -0.25) is 14.5 Å². The molecule has 1 saturated heterocycles. The number of nitrogens with zero attached hydrogens (tertiary/aromatic N) is 1. The van der Waals surface area contributed by atoms with Crippen LogP contribution in [0.2, 0.25) is 0 Å². The predicted octanol–water partition coefficient (Wildman–Crippen LogP) is 5.20. The standard InChI is InChI=1S/C25H19NO5S/c27-23-22(32-25(30)26(23)15-17-9-11-20(12-10-17)24(28)29)14-19-7-4-8-21(13-19)31-16-18-5-2-1-3-6-18/h1-14H,15-16H2,(H,28,29)/b22-14-. The smallest absolute Gasteiger partial charge is 0.335 e. The zero-order valence-electron chi connectivity index (χ0n) is 16.9. The van der Waals surface area contributed by atoms with Crippen LogP contribution in [0.4, 0.5) is 4.79 Å². The van der Waals surface area contributed by atoms with Crippen LogP contribution in [0.5, 0.6) is 5.75 Å². The number of carboxylic acids is 1. The van der Waals surface area contributed by atoms with E-state index >= 15 is 0 Å². The number of carbonyl (C=O) groups excluding carboxylic acids is 2. The number of carbonyl (C=O) groups is 3. The third kappa shape index (κ3) is 5.07. The minimum atomic E-state index is -1.03. The Bertz CT molecular complexity index is 1190. The summed E-state index contributed by atoms with van der Waals surface area (Å²) < 4.78 is 5.83. The van der Waals surface area contributed by atoms with Crippen molar-refractivity contribution in [3.63, 3.8) is 0 Å². The largest absolute Gasteiger partial charge is 0.489 e. The molecule has 0 radical (unpaired) electrons. The molecule has 1 heterocycles. The lowest BCUT2D eigenvalue weighted by Gasteiger charge is -2.12. The van der Waals surface area contributed by atoms with Gasteiger partial charge in [-0.1, -0.05) is 54.6 Å². The molecule has 0 unspecified atom stereocenters. The Morgan fingerprint density at radius 1 is 0.938 bits per heavy atom. The van der Waals surface area contributed by atoms with E-state index in [0.29, 0.717) is 22.8 Å². The summed E-state index contributed by atoms with van der Waals surface area (Å²) >= 11 is 0.884. The molecular formula is C25H19NO5S. The molecular weight excluding hydrogens is 426 g/mol. The number of thioether (sulfide) groups is 1. The number of imide groups is 1. The Morgan fingerprint density at radius 2 is 1.69 bits per heavy atom. The van der Waals surface area contributed by atoms with Crippen LogP contribution in [0.25, 0.3) is 6.08 Å². The minimum absolute atomic E-state index is 0.0854. The number of ether oxygens (including phenoxy) is 1. The molecule has 32 heavy (non-hydrogen) atoms. The monoisotopic (exact) mass is 445 g/mol. The fourth-order valence-electron chi connectivity index (χ4n) is 3.16. The van der Waals surface area contributed by atoms with Gasteiger partial charge in [-0.15, -0.1) is 0 Å². The third-order valence-corrected chi connectivity index (χ3v) is 5.73. The van der Waals surface area contributed by atoms with Crippen LogP contribution < -0.4 is 4.74 Å². The number of aromatic carboxylic acids is 1. The minimum Gasteiger partial charge on any atom is -0.489 e. The van der Waals surface area contributed by atoms with Gasteiger partial charge < -0.3 is 9.84 Å². The van der Waals surface area contributed by atoms with Crippen LogP contribution in [0.15, 0.2) is 83.8 Å². The van der Waals surface area contributed by atoms with Crippen molar-refractivity contribution < 1.29 is 24.2 Å². The highest BCUT2D eigenvalue weighted by atomic mass is 32.2. The van der Waals surface area contributed by atoms with Gasteiger partial charge in [0.25, 0.3) is 11.1 Å². The van der Waals surface area contributed by atoms with Gasteiger partial charge in [-0.2, -0.15) is 0 Å². The maximum absolute atomic E-state index is 12.8. The first kappa shape index (κ1) is 21.4. The highest BCUT2D eigenvalue weighted by Gasteiger charge is 2.35. The summed E-state index contributed by atoms with van der Waals surface area (Å²) in [5, 5.41) is 8.63. The van der Waals surface area contributed by atoms with Crippen molar-refractivity contribution in [2.24, 2.45) is 0 Å². The molecule has 3 aromatic rings. The van der Waals surface area contributed by atoms with Gasteiger partial charge in [0.2, 0.25) is 0 Å². The highest BCUT2D eigenvalue weighted by Crippen LogP contribution is 2.33. The van der Waals surface area contributed by atoms with Gasteiger partial charge in [0.05, 0.1) is 17.0 Å². The van der Waals surface area contributed by atoms with Gasteiger partial charge >= 0.3 is 5.97 Å². The second-order valence-corrected chi connectivity index (χ2v) is 8.11. The molecule has 3 aromatic carbocycles. The van der Waals surface area contributed by atoms with Gasteiger partial charge in [0.15, 0.2) is 0 Å². The Morgan fingerprint density at radius 3 is 2.41 bits per heavy atom. The van der Waals surface area contributed by atoms with E-state index in [0.717, 1.165) is 27.8 Å². The maximum Gasteiger partial charge on any atom is 0.335 e. The van der Waals surface area contributed by atoms with E-state index < -0.39 is 5.97 Å². The topological polar surface area (TPSA) is 83.9 Å². The number of rotatable bonds is 7. The Kier molecular flexibility index (Phi) is 6.37. The average Bonchev–Trinajstić information content (AvgIpc) is 3.06. The zero-order valence-corrected chi connectivity index (χ0v) is 17.7. The number of amides is 2. The molecule has 0 saturated carbocycles. The van der Waals surface area contributed by atoms with E-state index in [4.69, 9.17) is 9.84 Å². The number of hydrogen-bond donors (Lipinski definition) is 1. The molecule has 0 aliphatic carbocycles. The lowest BCUT2D eigenvalue weighted by Crippen LogP contribution is -2.27. The molecule has 2 amide bonds. The van der Waals surface area contributed by atoms with Crippen LogP contribution >= 0.6 is 11.8 Å². The van der Waals surface area contributed by atoms with E-state index in [9.17, 15) is 14.4 Å². The number of hydrogen-bond acceptors (Lipinski definition) is 5. The molecule has 7 heteroatoms. The average molecular weight is 445 g/mol. The summed E-state index contributed by atoms with van der Waals surface area (Å²) in [4.78, 5) is 37.6. The molecule has 4 rings (SSSR count). The van der Waals surface area contributed by atoms with E-state index in [2.05, 4.69) is 0 Å². The van der Waals surface area contributed by atoms with Gasteiger partial charge in [-0.05, 0) is 58.8 Å². The first-order valence-electron chi connectivity index (χ1n) is 9.84. The summed E-state index contributed by atoms with van der Waals surface area (Å²) in [6.07, 6.45) is 1.67. The van der Waals surface area contributed by atoms with Crippen LogP contribution in [0.1, 0.15) is 27.0 Å². The van der Waals surface area contributed by atoms with E-state index in [1.165, 1.54) is 12.1 Å². The van der Waals surface area contributed by atoms with Crippen LogP contribution in [-0.2, 0) is 17.9 Å². The zero-order chi connectivity index (χ0) is 22.5. The van der Waals surface area contributed by atoms with Crippen LogP contribution in [0, 0.1) is 0 Å². The van der Waals surface area contributed by atoms with Crippen LogP contribution in [-0.4, -0.2) is 27.1 Å². The van der Waals surface area contributed by atoms with Crippen molar-refractivity contribution in [2.45, 2.75) is 13.2 Å². The molecule has 0 atom stereocenters. The molecule has 1 aliphatic heterocycles. The Balaban J connectivity index is 1.44. The maximum atomic E-state index is 12.8.